The third-order valence-corrected chi connectivity index (χ3v) is 4.37. The number of nitrogens with zero attached hydrogens (tertiary/aromatic N) is 1. The van der Waals surface area contributed by atoms with Gasteiger partial charge in [0.15, 0.2) is 0 Å². The van der Waals surface area contributed by atoms with Crippen LogP contribution in [0.4, 0.5) is 0 Å². The van der Waals surface area contributed by atoms with Crippen molar-refractivity contribution in [3.8, 4) is 0 Å². The van der Waals surface area contributed by atoms with Crippen LogP contribution in [0.3, 0.4) is 0 Å². The standard InChI is InChI=1S/C16H24ClNO2/c17-14-5-3-4-13(12-14)16(20)7-10-18-9-2-1-6-15(18)8-11-19/h3-5,12,15-16,19-20H,1-2,6-11H2. The van der Waals surface area contributed by atoms with Gasteiger partial charge in [-0.05, 0) is 49.9 Å². The van der Waals surface area contributed by atoms with Crippen LogP contribution < -0.4 is 0 Å². The van der Waals surface area contributed by atoms with Crippen LogP contribution in [0.15, 0.2) is 24.3 Å². The van der Waals surface area contributed by atoms with Crippen molar-refractivity contribution in [1.82, 2.24) is 4.90 Å². The maximum absolute atomic E-state index is 10.3. The van der Waals surface area contributed by atoms with Crippen molar-refractivity contribution in [2.24, 2.45) is 0 Å². The number of benzene rings is 1. The van der Waals surface area contributed by atoms with Crippen LogP contribution in [0.25, 0.3) is 0 Å². The predicted octanol–water partition coefficient (Wildman–Crippen LogP) is 3.00. The van der Waals surface area contributed by atoms with Crippen LogP contribution >= 0.6 is 11.6 Å². The normalized spacial score (nSPS) is 21.9. The molecule has 0 spiro atoms. The van der Waals surface area contributed by atoms with E-state index in [-0.39, 0.29) is 6.61 Å². The molecule has 0 amide bonds. The van der Waals surface area contributed by atoms with Crippen molar-refractivity contribution in [2.45, 2.75) is 44.2 Å². The van der Waals surface area contributed by atoms with E-state index in [2.05, 4.69) is 4.90 Å². The molecule has 4 heteroatoms. The maximum Gasteiger partial charge on any atom is 0.0802 e. The summed E-state index contributed by atoms with van der Waals surface area (Å²) in [4.78, 5) is 2.41. The van der Waals surface area contributed by atoms with Crippen molar-refractivity contribution < 1.29 is 10.2 Å². The fourth-order valence-electron chi connectivity index (χ4n) is 3.00. The predicted molar refractivity (Wildman–Crippen MR) is 81.9 cm³/mol. The quantitative estimate of drug-likeness (QED) is 0.848. The van der Waals surface area contributed by atoms with E-state index < -0.39 is 6.10 Å². The van der Waals surface area contributed by atoms with Crippen LogP contribution in [0, 0.1) is 0 Å². The average Bonchev–Trinajstić information content (AvgIpc) is 2.46. The Bertz CT molecular complexity index is 411. The number of likely N-dealkylation sites (tertiary alicyclic amines) is 1. The molecule has 1 aliphatic rings. The molecule has 2 unspecified atom stereocenters. The molecule has 1 aromatic carbocycles. The molecule has 112 valence electrons. The van der Waals surface area contributed by atoms with Crippen molar-refractivity contribution in [1.29, 1.82) is 0 Å². The molecule has 1 heterocycles. The Morgan fingerprint density at radius 2 is 2.20 bits per heavy atom. The van der Waals surface area contributed by atoms with Gasteiger partial charge in [0.05, 0.1) is 6.10 Å². The van der Waals surface area contributed by atoms with E-state index in [1.165, 1.54) is 12.8 Å². The smallest absolute Gasteiger partial charge is 0.0802 e. The van der Waals surface area contributed by atoms with Gasteiger partial charge in [-0.2, -0.15) is 0 Å². The molecule has 0 aliphatic carbocycles. The Hall–Kier alpha value is -0.610. The third kappa shape index (κ3) is 4.45. The van der Waals surface area contributed by atoms with Crippen molar-refractivity contribution in [3.63, 3.8) is 0 Å². The molecule has 0 bridgehead atoms. The molecule has 3 nitrogen and oxygen atoms in total. The SMILES string of the molecule is OCCC1CCCCN1CCC(O)c1cccc(Cl)c1. The summed E-state index contributed by atoms with van der Waals surface area (Å²) < 4.78 is 0. The lowest BCUT2D eigenvalue weighted by molar-refractivity contribution is 0.0891. The van der Waals surface area contributed by atoms with Gasteiger partial charge in [0.25, 0.3) is 0 Å². The van der Waals surface area contributed by atoms with Crippen molar-refractivity contribution >= 4 is 11.6 Å². The Labute approximate surface area is 126 Å². The minimum atomic E-state index is -0.467. The fraction of sp³-hybridized carbons (Fsp3) is 0.625. The van der Waals surface area contributed by atoms with E-state index in [0.29, 0.717) is 17.5 Å². The van der Waals surface area contributed by atoms with Gasteiger partial charge < -0.3 is 15.1 Å². The molecule has 2 atom stereocenters. The molecular formula is C16H24ClNO2. The molecule has 2 rings (SSSR count). The zero-order chi connectivity index (χ0) is 14.4. The molecule has 20 heavy (non-hydrogen) atoms. The lowest BCUT2D eigenvalue weighted by Gasteiger charge is -2.36. The molecular weight excluding hydrogens is 274 g/mol. The summed E-state index contributed by atoms with van der Waals surface area (Å²) in [6.45, 7) is 2.20. The average molecular weight is 298 g/mol. The molecule has 0 radical (unpaired) electrons. The van der Waals surface area contributed by atoms with Gasteiger partial charge in [0, 0.05) is 24.2 Å². The van der Waals surface area contributed by atoms with Gasteiger partial charge >= 0.3 is 0 Å². The second kappa shape index (κ2) is 7.99. The summed E-state index contributed by atoms with van der Waals surface area (Å²) in [7, 11) is 0. The highest BCUT2D eigenvalue weighted by molar-refractivity contribution is 6.30. The highest BCUT2D eigenvalue weighted by Crippen LogP contribution is 2.24. The minimum Gasteiger partial charge on any atom is -0.396 e. The molecule has 0 saturated carbocycles. The first-order valence-corrected chi connectivity index (χ1v) is 7.87. The van der Waals surface area contributed by atoms with Crippen molar-refractivity contribution in [2.75, 3.05) is 19.7 Å². The van der Waals surface area contributed by atoms with Crippen LogP contribution in [0.5, 0.6) is 0 Å². The number of hydrogen-bond acceptors (Lipinski definition) is 3. The number of aliphatic hydroxyl groups excluding tert-OH is 2. The summed E-state index contributed by atoms with van der Waals surface area (Å²) in [5.74, 6) is 0. The largest absolute Gasteiger partial charge is 0.396 e. The monoisotopic (exact) mass is 297 g/mol. The lowest BCUT2D eigenvalue weighted by atomic mass is 9.98. The number of hydrogen-bond donors (Lipinski definition) is 2. The summed E-state index contributed by atoms with van der Waals surface area (Å²) in [6, 6.07) is 7.90. The highest BCUT2D eigenvalue weighted by Gasteiger charge is 2.22. The van der Waals surface area contributed by atoms with E-state index in [1.54, 1.807) is 0 Å². The van der Waals surface area contributed by atoms with Crippen LogP contribution in [-0.4, -0.2) is 40.9 Å². The molecule has 1 aromatic rings. The van der Waals surface area contributed by atoms with E-state index >= 15 is 0 Å². The maximum atomic E-state index is 10.3. The first-order chi connectivity index (χ1) is 9.70. The van der Waals surface area contributed by atoms with Crippen LogP contribution in [0.1, 0.15) is 43.8 Å². The van der Waals surface area contributed by atoms with Crippen LogP contribution in [-0.2, 0) is 0 Å². The van der Waals surface area contributed by atoms with E-state index in [9.17, 15) is 5.11 Å². The van der Waals surface area contributed by atoms with Gasteiger partial charge in [0.1, 0.15) is 0 Å². The summed E-state index contributed by atoms with van der Waals surface area (Å²) >= 11 is 5.95. The van der Waals surface area contributed by atoms with Gasteiger partial charge in [-0.3, -0.25) is 0 Å². The zero-order valence-corrected chi connectivity index (χ0v) is 12.6. The number of piperidine rings is 1. The lowest BCUT2D eigenvalue weighted by Crippen LogP contribution is -2.41. The summed E-state index contributed by atoms with van der Waals surface area (Å²) in [6.07, 6.45) is 4.71. The molecule has 1 fully saturated rings. The minimum absolute atomic E-state index is 0.248. The fourth-order valence-corrected chi connectivity index (χ4v) is 3.20. The first-order valence-electron chi connectivity index (χ1n) is 7.49. The van der Waals surface area contributed by atoms with E-state index in [0.717, 1.165) is 31.5 Å². The Morgan fingerprint density at radius 3 is 2.95 bits per heavy atom. The van der Waals surface area contributed by atoms with Gasteiger partial charge in [-0.15, -0.1) is 0 Å². The van der Waals surface area contributed by atoms with E-state index in [1.807, 2.05) is 24.3 Å². The zero-order valence-electron chi connectivity index (χ0n) is 11.8. The second-order valence-corrected chi connectivity index (χ2v) is 5.99. The molecule has 2 N–H and O–H groups in total. The first kappa shape index (κ1) is 15.8. The van der Waals surface area contributed by atoms with Gasteiger partial charge in [-0.1, -0.05) is 30.2 Å². The number of halogens is 1. The van der Waals surface area contributed by atoms with Gasteiger partial charge in [0.2, 0.25) is 0 Å². The number of aliphatic hydroxyl groups is 2. The Morgan fingerprint density at radius 1 is 1.35 bits per heavy atom. The summed E-state index contributed by atoms with van der Waals surface area (Å²) in [5.41, 5.74) is 0.883. The summed E-state index contributed by atoms with van der Waals surface area (Å²) in [5, 5.41) is 20.1. The molecule has 1 saturated heterocycles. The van der Waals surface area contributed by atoms with Crippen molar-refractivity contribution in [3.05, 3.63) is 34.9 Å². The van der Waals surface area contributed by atoms with Crippen LogP contribution in [0.2, 0.25) is 5.02 Å². The molecule has 1 aliphatic heterocycles. The third-order valence-electron chi connectivity index (χ3n) is 4.13. The highest BCUT2D eigenvalue weighted by atomic mass is 35.5. The Balaban J connectivity index is 1.86. The topological polar surface area (TPSA) is 43.7 Å². The van der Waals surface area contributed by atoms with E-state index in [4.69, 9.17) is 16.7 Å². The Kier molecular flexibility index (Phi) is 6.30. The van der Waals surface area contributed by atoms with Gasteiger partial charge in [-0.25, -0.2) is 0 Å². The molecule has 0 aromatic heterocycles. The second-order valence-electron chi connectivity index (χ2n) is 5.56. The number of rotatable bonds is 6.